The first-order valence-corrected chi connectivity index (χ1v) is 19.0. The lowest BCUT2D eigenvalue weighted by Crippen LogP contribution is -2.01. The molecule has 5 nitrogen and oxygen atoms in total. The van der Waals surface area contributed by atoms with E-state index in [2.05, 4.69) is 82.1 Å². The summed E-state index contributed by atoms with van der Waals surface area (Å²) in [4.78, 5) is 0. The molecule has 4 aromatic carbocycles. The average molecular weight is 769 g/mol. The first-order chi connectivity index (χ1) is 23.0. The van der Waals surface area contributed by atoms with Crippen molar-refractivity contribution in [2.45, 2.75) is 65.2 Å². The van der Waals surface area contributed by atoms with Gasteiger partial charge < -0.3 is 23.7 Å². The summed E-state index contributed by atoms with van der Waals surface area (Å²) in [6, 6.07) is 24.8. The van der Waals surface area contributed by atoms with E-state index in [0.29, 0.717) is 13.2 Å². The molecule has 0 bridgehead atoms. The van der Waals surface area contributed by atoms with Crippen LogP contribution in [0.5, 0.6) is 34.5 Å². The normalized spacial score (nSPS) is 10.9. The quantitative estimate of drug-likeness (QED) is 0.0662. The molecule has 0 aliphatic heterocycles. The highest BCUT2D eigenvalue weighted by Gasteiger charge is 2.17. The number of unbranched alkanes of at least 4 members (excludes halogenated alkanes) is 2. The number of rotatable bonds is 20. The lowest BCUT2D eigenvalue weighted by atomic mass is 9.98. The number of aryl methyl sites for hydroxylation is 2. The fourth-order valence-electron chi connectivity index (χ4n) is 5.48. The van der Waals surface area contributed by atoms with Gasteiger partial charge in [0, 0.05) is 21.8 Å². The summed E-state index contributed by atoms with van der Waals surface area (Å²) >= 11 is 7.02. The summed E-state index contributed by atoms with van der Waals surface area (Å²) in [5.41, 5.74) is 6.40. The molecule has 0 saturated heterocycles. The molecular formula is C40H48Br2O5. The van der Waals surface area contributed by atoms with Gasteiger partial charge in [0.2, 0.25) is 0 Å². The molecule has 0 fully saturated rings. The number of hydrogen-bond acceptors (Lipinski definition) is 5. The van der Waals surface area contributed by atoms with Gasteiger partial charge in [0.25, 0.3) is 0 Å². The van der Waals surface area contributed by atoms with Gasteiger partial charge in [-0.15, -0.1) is 0 Å². The van der Waals surface area contributed by atoms with E-state index in [1.807, 2.05) is 36.4 Å². The summed E-state index contributed by atoms with van der Waals surface area (Å²) in [5, 5.41) is 1.98. The summed E-state index contributed by atoms with van der Waals surface area (Å²) < 4.78 is 30.5. The van der Waals surface area contributed by atoms with Gasteiger partial charge in [0.15, 0.2) is 0 Å². The van der Waals surface area contributed by atoms with Gasteiger partial charge in [-0.3, -0.25) is 0 Å². The maximum Gasteiger partial charge on any atom is 0.135 e. The molecule has 0 aliphatic rings. The van der Waals surface area contributed by atoms with E-state index in [4.69, 9.17) is 23.7 Å². The van der Waals surface area contributed by atoms with Crippen LogP contribution in [0.1, 0.15) is 63.5 Å². The van der Waals surface area contributed by atoms with Crippen molar-refractivity contribution in [3.05, 3.63) is 83.9 Å². The van der Waals surface area contributed by atoms with Gasteiger partial charge in [-0.05, 0) is 121 Å². The van der Waals surface area contributed by atoms with Crippen LogP contribution >= 0.6 is 31.9 Å². The van der Waals surface area contributed by atoms with Gasteiger partial charge in [0.1, 0.15) is 34.5 Å². The molecule has 0 unspecified atom stereocenters. The number of hydrogen-bond donors (Lipinski definition) is 0. The van der Waals surface area contributed by atoms with Crippen LogP contribution in [-0.4, -0.2) is 38.1 Å². The molecule has 4 aromatic rings. The molecule has 7 heteroatoms. The van der Waals surface area contributed by atoms with Crippen molar-refractivity contribution in [1.29, 1.82) is 0 Å². The molecule has 47 heavy (non-hydrogen) atoms. The summed E-state index contributed by atoms with van der Waals surface area (Å²) in [7, 11) is 3.38. The highest BCUT2D eigenvalue weighted by atomic mass is 79.9. The molecule has 0 aliphatic carbocycles. The molecule has 0 N–H and O–H groups in total. The van der Waals surface area contributed by atoms with Crippen molar-refractivity contribution in [1.82, 2.24) is 0 Å². The van der Waals surface area contributed by atoms with E-state index in [1.165, 1.54) is 11.1 Å². The van der Waals surface area contributed by atoms with Crippen LogP contribution in [0.3, 0.4) is 0 Å². The molecule has 0 spiro atoms. The number of alkyl halides is 2. The second kappa shape index (κ2) is 19.6. The highest BCUT2D eigenvalue weighted by Crippen LogP contribution is 2.42. The minimum absolute atomic E-state index is 0.708. The van der Waals surface area contributed by atoms with E-state index >= 15 is 0 Å². The van der Waals surface area contributed by atoms with Gasteiger partial charge >= 0.3 is 0 Å². The summed E-state index contributed by atoms with van der Waals surface area (Å²) in [6.07, 6.45) is 8.13. The van der Waals surface area contributed by atoms with Crippen molar-refractivity contribution >= 4 is 31.9 Å². The number of benzene rings is 4. The van der Waals surface area contributed by atoms with Crippen LogP contribution in [0, 0.1) is 0 Å². The van der Waals surface area contributed by atoms with Crippen LogP contribution in [0.4, 0.5) is 0 Å². The first-order valence-electron chi connectivity index (χ1n) is 16.7. The van der Waals surface area contributed by atoms with Crippen LogP contribution in [-0.2, 0) is 12.8 Å². The van der Waals surface area contributed by atoms with Crippen LogP contribution in [0.25, 0.3) is 22.3 Å². The summed E-state index contributed by atoms with van der Waals surface area (Å²) in [5.74, 6) is 4.92. The third-order valence-corrected chi connectivity index (χ3v) is 9.07. The van der Waals surface area contributed by atoms with Gasteiger partial charge in [-0.1, -0.05) is 70.7 Å². The third kappa shape index (κ3) is 10.4. The summed E-state index contributed by atoms with van der Waals surface area (Å²) in [6.45, 7) is 5.81. The first kappa shape index (κ1) is 36.7. The smallest absolute Gasteiger partial charge is 0.135 e. The van der Waals surface area contributed by atoms with Gasteiger partial charge in [0.05, 0.1) is 27.4 Å². The fraction of sp³-hybridized carbons (Fsp3) is 0.400. The predicted octanol–water partition coefficient (Wildman–Crippen LogP) is 11.8. The molecule has 0 aromatic heterocycles. The molecule has 0 atom stereocenters. The molecule has 0 amide bonds. The Kier molecular flexibility index (Phi) is 15.3. The predicted molar refractivity (Wildman–Crippen MR) is 202 cm³/mol. The number of halogens is 2. The van der Waals surface area contributed by atoms with Crippen LogP contribution < -0.4 is 23.7 Å². The Morgan fingerprint density at radius 1 is 0.511 bits per heavy atom. The van der Waals surface area contributed by atoms with E-state index in [9.17, 15) is 0 Å². The highest BCUT2D eigenvalue weighted by molar-refractivity contribution is 9.09. The van der Waals surface area contributed by atoms with Crippen molar-refractivity contribution < 1.29 is 23.7 Å². The zero-order chi connectivity index (χ0) is 33.4. The maximum atomic E-state index is 6.81. The Hall–Kier alpha value is -3.16. The monoisotopic (exact) mass is 766 g/mol. The minimum Gasteiger partial charge on any atom is -0.497 e. The van der Waals surface area contributed by atoms with Crippen molar-refractivity contribution in [2.24, 2.45) is 0 Å². The zero-order valence-corrected chi connectivity index (χ0v) is 31.4. The van der Waals surface area contributed by atoms with Crippen LogP contribution in [0.2, 0.25) is 0 Å². The standard InChI is InChI=1S/C40H48Br2O5/c1-5-11-31-25-29(13-17-37(31)45-23-9-7-21-41)35-27-33(43-3)15-19-39(35)47-40-20-16-34(44-4)28-36(40)30-14-18-38(32(26-30)12-6-2)46-24-10-8-22-42/h13-20,25-28H,5-12,21-24H2,1-4H3. The topological polar surface area (TPSA) is 46.2 Å². The number of methoxy groups -OCH3 is 2. The van der Waals surface area contributed by atoms with E-state index in [-0.39, 0.29) is 0 Å². The zero-order valence-electron chi connectivity index (χ0n) is 28.2. The Morgan fingerprint density at radius 3 is 1.32 bits per heavy atom. The maximum absolute atomic E-state index is 6.81. The van der Waals surface area contributed by atoms with E-state index in [0.717, 1.165) is 119 Å². The average Bonchev–Trinajstić information content (AvgIpc) is 3.10. The van der Waals surface area contributed by atoms with E-state index < -0.39 is 0 Å². The number of ether oxygens (including phenoxy) is 5. The lowest BCUT2D eigenvalue weighted by molar-refractivity contribution is 0.306. The lowest BCUT2D eigenvalue weighted by Gasteiger charge is -2.19. The molecule has 252 valence electrons. The second-order valence-corrected chi connectivity index (χ2v) is 13.0. The molecular weight excluding hydrogens is 720 g/mol. The second-order valence-electron chi connectivity index (χ2n) is 11.5. The molecule has 0 heterocycles. The fourth-order valence-corrected chi connectivity index (χ4v) is 6.28. The van der Waals surface area contributed by atoms with E-state index in [1.54, 1.807) is 14.2 Å². The van der Waals surface area contributed by atoms with Crippen LogP contribution in [0.15, 0.2) is 72.8 Å². The molecule has 0 radical (unpaired) electrons. The Morgan fingerprint density at radius 2 is 0.936 bits per heavy atom. The van der Waals surface area contributed by atoms with Gasteiger partial charge in [-0.25, -0.2) is 0 Å². The third-order valence-electron chi connectivity index (χ3n) is 7.95. The minimum atomic E-state index is 0.708. The largest absolute Gasteiger partial charge is 0.497 e. The van der Waals surface area contributed by atoms with Crippen molar-refractivity contribution in [2.75, 3.05) is 38.1 Å². The Bertz CT molecular complexity index is 1440. The van der Waals surface area contributed by atoms with Crippen molar-refractivity contribution in [3.8, 4) is 56.8 Å². The molecule has 4 rings (SSSR count). The van der Waals surface area contributed by atoms with Crippen molar-refractivity contribution in [3.63, 3.8) is 0 Å². The Balaban J connectivity index is 1.72. The SMILES string of the molecule is CCCc1cc(-c2cc(OC)ccc2Oc2ccc(OC)cc2-c2ccc(OCCCCBr)c(CCC)c2)ccc1OCCCCBr. The Labute approximate surface area is 298 Å². The van der Waals surface area contributed by atoms with Gasteiger partial charge in [-0.2, -0.15) is 0 Å². The molecule has 0 saturated carbocycles.